The number of guanidine groups is 1. The zero-order valence-corrected chi connectivity index (χ0v) is 11.3. The van der Waals surface area contributed by atoms with Crippen molar-refractivity contribution in [2.24, 2.45) is 16.5 Å². The molecule has 0 saturated carbocycles. The quantitative estimate of drug-likeness (QED) is 0.412. The number of nitrogens with two attached hydrogens (primary N) is 2. The normalized spacial score (nSPS) is 9.41. The number of thiazole rings is 1. The summed E-state index contributed by atoms with van der Waals surface area (Å²) >= 11 is 2.87. The predicted octanol–water partition coefficient (Wildman–Crippen LogP) is 1.18. The summed E-state index contributed by atoms with van der Waals surface area (Å²) in [5, 5.41) is 10.8. The van der Waals surface area contributed by atoms with E-state index in [9.17, 15) is 4.79 Å². The van der Waals surface area contributed by atoms with Crippen LogP contribution in [-0.2, 0) is 10.5 Å². The Kier molecular flexibility index (Phi) is 7.68. The van der Waals surface area contributed by atoms with Crippen molar-refractivity contribution in [2.75, 3.05) is 5.75 Å². The summed E-state index contributed by atoms with van der Waals surface area (Å²) < 4.78 is 0. The lowest BCUT2D eigenvalue weighted by molar-refractivity contribution is -0.136. The van der Waals surface area contributed by atoms with E-state index in [1.54, 1.807) is 0 Å². The molecule has 96 valence electrons. The average molecular weight is 297 g/mol. The Bertz CT molecular complexity index is 393. The molecule has 0 radical (unpaired) electrons. The van der Waals surface area contributed by atoms with Gasteiger partial charge in [0, 0.05) is 16.9 Å². The average Bonchev–Trinajstić information content (AvgIpc) is 2.59. The number of nitrogens with zero attached hydrogens (tertiary/aromatic N) is 2. The summed E-state index contributed by atoms with van der Waals surface area (Å²) in [5.41, 5.74) is 11.3. The molecule has 0 bridgehead atoms. The molecule has 1 aromatic rings. The fourth-order valence-electron chi connectivity index (χ4n) is 0.861. The maximum Gasteiger partial charge on any atom is 0.304 e. The Morgan fingerprint density at radius 2 is 2.29 bits per heavy atom. The Morgan fingerprint density at radius 1 is 1.59 bits per heavy atom. The fourth-order valence-corrected chi connectivity index (χ4v) is 2.49. The topological polar surface area (TPSA) is 115 Å². The molecule has 1 rings (SSSR count). The molecule has 17 heavy (non-hydrogen) atoms. The molecule has 1 heterocycles. The molecular formula is C8H13ClN4O2S2. The minimum Gasteiger partial charge on any atom is -0.481 e. The van der Waals surface area contributed by atoms with Crippen molar-refractivity contribution in [2.45, 2.75) is 12.2 Å². The van der Waals surface area contributed by atoms with Gasteiger partial charge in [-0.1, -0.05) is 0 Å². The highest BCUT2D eigenvalue weighted by atomic mass is 35.5. The Hall–Kier alpha value is -0.990. The van der Waals surface area contributed by atoms with Crippen LogP contribution in [0.15, 0.2) is 10.4 Å². The van der Waals surface area contributed by atoms with Gasteiger partial charge in [0.2, 0.25) is 5.13 Å². The van der Waals surface area contributed by atoms with Crippen molar-refractivity contribution in [3.8, 4) is 0 Å². The van der Waals surface area contributed by atoms with Crippen LogP contribution in [0.2, 0.25) is 0 Å². The maximum absolute atomic E-state index is 10.3. The van der Waals surface area contributed by atoms with Crippen LogP contribution in [0.25, 0.3) is 0 Å². The monoisotopic (exact) mass is 296 g/mol. The fraction of sp³-hybridized carbons (Fsp3) is 0.375. The van der Waals surface area contributed by atoms with Gasteiger partial charge >= 0.3 is 5.97 Å². The molecule has 6 nitrogen and oxygen atoms in total. The van der Waals surface area contributed by atoms with Gasteiger partial charge in [0.05, 0.1) is 12.1 Å². The molecule has 5 N–H and O–H groups in total. The Balaban J connectivity index is 0.00000256. The van der Waals surface area contributed by atoms with Gasteiger partial charge in [-0.3, -0.25) is 4.79 Å². The number of rotatable bonds is 6. The van der Waals surface area contributed by atoms with Crippen LogP contribution >= 0.6 is 35.5 Å². The van der Waals surface area contributed by atoms with Crippen molar-refractivity contribution < 1.29 is 9.90 Å². The van der Waals surface area contributed by atoms with Crippen LogP contribution in [0.3, 0.4) is 0 Å². The third-order valence-electron chi connectivity index (χ3n) is 1.47. The summed E-state index contributed by atoms with van der Waals surface area (Å²) in [6, 6.07) is 0. The summed E-state index contributed by atoms with van der Waals surface area (Å²) in [5.74, 6) is 0.445. The van der Waals surface area contributed by atoms with Crippen LogP contribution in [0.1, 0.15) is 12.1 Å². The van der Waals surface area contributed by atoms with Crippen molar-refractivity contribution >= 4 is 52.6 Å². The van der Waals surface area contributed by atoms with Gasteiger partial charge < -0.3 is 16.6 Å². The first kappa shape index (κ1) is 16.0. The summed E-state index contributed by atoms with van der Waals surface area (Å²) in [7, 11) is 0. The number of carboxylic acid groups (broad SMARTS) is 1. The van der Waals surface area contributed by atoms with E-state index in [0.29, 0.717) is 16.6 Å². The van der Waals surface area contributed by atoms with Crippen LogP contribution < -0.4 is 11.5 Å². The molecule has 9 heteroatoms. The minimum absolute atomic E-state index is 0. The van der Waals surface area contributed by atoms with Crippen LogP contribution in [-0.4, -0.2) is 27.8 Å². The Morgan fingerprint density at radius 3 is 2.88 bits per heavy atom. The summed E-state index contributed by atoms with van der Waals surface area (Å²) in [6.07, 6.45) is 0.162. The molecule has 0 spiro atoms. The molecule has 0 unspecified atom stereocenters. The molecule has 0 aliphatic carbocycles. The van der Waals surface area contributed by atoms with Gasteiger partial charge in [-0.25, -0.2) is 4.98 Å². The lowest BCUT2D eigenvalue weighted by atomic mass is 10.5. The molecule has 0 aliphatic heterocycles. The number of halogens is 1. The van der Waals surface area contributed by atoms with E-state index in [1.165, 1.54) is 23.1 Å². The van der Waals surface area contributed by atoms with Crippen LogP contribution in [0.5, 0.6) is 0 Å². The molecule has 0 aromatic carbocycles. The van der Waals surface area contributed by atoms with E-state index in [1.807, 2.05) is 5.38 Å². The molecule has 1 aromatic heterocycles. The van der Waals surface area contributed by atoms with E-state index in [-0.39, 0.29) is 24.8 Å². The number of thioether (sulfide) groups is 1. The number of hydrogen-bond acceptors (Lipinski definition) is 5. The molecule has 0 amide bonds. The lowest BCUT2D eigenvalue weighted by Gasteiger charge is -1.95. The molecule has 0 atom stereocenters. The van der Waals surface area contributed by atoms with Crippen LogP contribution in [0.4, 0.5) is 5.13 Å². The molecule has 0 aliphatic rings. The van der Waals surface area contributed by atoms with Gasteiger partial charge in [-0.2, -0.15) is 16.8 Å². The van der Waals surface area contributed by atoms with Gasteiger partial charge in [0.1, 0.15) is 0 Å². The van der Waals surface area contributed by atoms with E-state index in [4.69, 9.17) is 16.6 Å². The number of carboxylic acids is 1. The number of hydrogen-bond donors (Lipinski definition) is 3. The minimum atomic E-state index is -0.785. The zero-order valence-electron chi connectivity index (χ0n) is 8.83. The smallest absolute Gasteiger partial charge is 0.304 e. The molecule has 0 fully saturated rings. The second-order valence-electron chi connectivity index (χ2n) is 2.85. The molecular weight excluding hydrogens is 284 g/mol. The van der Waals surface area contributed by atoms with Gasteiger partial charge in [-0.05, 0) is 0 Å². The summed E-state index contributed by atoms with van der Waals surface area (Å²) in [6.45, 7) is 0. The van der Waals surface area contributed by atoms with Gasteiger partial charge in [0.25, 0.3) is 0 Å². The first-order valence-electron chi connectivity index (χ1n) is 4.41. The summed E-state index contributed by atoms with van der Waals surface area (Å²) in [4.78, 5) is 18.2. The van der Waals surface area contributed by atoms with Crippen LogP contribution in [0, 0.1) is 0 Å². The van der Waals surface area contributed by atoms with E-state index in [2.05, 4.69) is 9.98 Å². The third kappa shape index (κ3) is 7.03. The standard InChI is InChI=1S/C8H12N4O2S2.ClH/c9-7(10)12-8-11-5(4-16-8)3-15-2-1-6(13)14;/h4H,1-3H2,(H,13,14)(H4,9,10,11,12);1H. The number of aliphatic carboxylic acids is 1. The second-order valence-corrected chi connectivity index (χ2v) is 4.80. The Labute approximate surface area is 113 Å². The SMILES string of the molecule is Cl.NC(N)=Nc1nc(CSCCC(=O)O)cs1. The second kappa shape index (κ2) is 8.15. The van der Waals surface area contributed by atoms with Crippen molar-refractivity contribution in [3.63, 3.8) is 0 Å². The third-order valence-corrected chi connectivity index (χ3v) is 3.25. The first-order valence-corrected chi connectivity index (χ1v) is 6.45. The lowest BCUT2D eigenvalue weighted by Crippen LogP contribution is -2.21. The highest BCUT2D eigenvalue weighted by Crippen LogP contribution is 2.21. The maximum atomic E-state index is 10.3. The largest absolute Gasteiger partial charge is 0.481 e. The molecule has 0 saturated heterocycles. The van der Waals surface area contributed by atoms with Crippen molar-refractivity contribution in [3.05, 3.63) is 11.1 Å². The van der Waals surface area contributed by atoms with E-state index >= 15 is 0 Å². The zero-order chi connectivity index (χ0) is 12.0. The predicted molar refractivity (Wildman–Crippen MR) is 73.2 cm³/mol. The first-order chi connectivity index (χ1) is 7.58. The number of carbonyl (C=O) groups is 1. The number of aliphatic imine (C=N–C) groups is 1. The van der Waals surface area contributed by atoms with Crippen molar-refractivity contribution in [1.82, 2.24) is 4.98 Å². The van der Waals surface area contributed by atoms with E-state index in [0.717, 1.165) is 5.69 Å². The van der Waals surface area contributed by atoms with Gasteiger partial charge in [-0.15, -0.1) is 23.7 Å². The van der Waals surface area contributed by atoms with E-state index < -0.39 is 5.97 Å². The highest BCUT2D eigenvalue weighted by molar-refractivity contribution is 7.98. The van der Waals surface area contributed by atoms with Gasteiger partial charge in [0.15, 0.2) is 5.96 Å². The number of aromatic nitrogens is 1. The highest BCUT2D eigenvalue weighted by Gasteiger charge is 2.02. The van der Waals surface area contributed by atoms with Crippen molar-refractivity contribution in [1.29, 1.82) is 0 Å².